The van der Waals surface area contributed by atoms with Gasteiger partial charge < -0.3 is 0 Å². The number of rotatable bonds is 0. The highest BCUT2D eigenvalue weighted by molar-refractivity contribution is 8.80. The molecule has 1 unspecified atom stereocenters. The molecule has 0 spiro atoms. The summed E-state index contributed by atoms with van der Waals surface area (Å²) < 4.78 is 10.0. The minimum atomic E-state index is -0.736. The first-order valence-corrected chi connectivity index (χ1v) is 7.75. The van der Waals surface area contributed by atoms with Crippen LogP contribution in [0.2, 0.25) is 0 Å². The molecule has 1 rings (SSSR count). The third kappa shape index (κ3) is 0.989. The molecule has 0 N–H and O–H groups in total. The quantitative estimate of drug-likeness (QED) is 0.471. The Balaban J connectivity index is 2.71. The molecule has 1 nitrogen and oxygen atoms in total. The normalized spacial score (nSPS) is 37.2. The average molecular weight is 140 g/mol. The van der Waals surface area contributed by atoms with Crippen LogP contribution in [0.5, 0.6) is 0 Å². The summed E-state index contributed by atoms with van der Waals surface area (Å²) in [4.78, 5) is 0. The van der Waals surface area contributed by atoms with E-state index in [9.17, 15) is 4.57 Å². The van der Waals surface area contributed by atoms with Crippen LogP contribution in [0.15, 0.2) is 0 Å². The van der Waals surface area contributed by atoms with Crippen LogP contribution >= 0.6 is 30.2 Å². The molecule has 1 atom stereocenters. The molecule has 0 aromatic heterocycles. The summed E-state index contributed by atoms with van der Waals surface area (Å²) in [7, 11) is 2.89. The van der Waals surface area contributed by atoms with Gasteiger partial charge in [0.2, 0.25) is 7.56 Å². The second-order valence-electron chi connectivity index (χ2n) is 0.521. The van der Waals surface area contributed by atoms with Gasteiger partial charge in [-0.05, 0) is 0 Å². The van der Waals surface area contributed by atoms with E-state index in [0.29, 0.717) is 0 Å². The van der Waals surface area contributed by atoms with Crippen molar-refractivity contribution >= 4 is 30.2 Å². The molecule has 1 radical (unpaired) electrons. The van der Waals surface area contributed by atoms with E-state index in [-0.39, 0.29) is 0 Å². The molecular formula is OP4+. The number of hydrogen-bond donors (Lipinski definition) is 0. The van der Waals surface area contributed by atoms with Gasteiger partial charge in [0.05, 0.1) is 7.56 Å². The molecule has 5 heavy (non-hydrogen) atoms. The maximum absolute atomic E-state index is 10.0. The van der Waals surface area contributed by atoms with Gasteiger partial charge in [-0.3, -0.25) is 0 Å². The number of hydrogen-bond acceptors (Lipinski definition) is 1. The molecule has 5 heteroatoms. The topological polar surface area (TPSA) is 17.1 Å². The summed E-state index contributed by atoms with van der Waals surface area (Å²) in [5.74, 6) is 0. The highest BCUT2D eigenvalue weighted by Crippen LogP contribution is 2.78. The summed E-state index contributed by atoms with van der Waals surface area (Å²) in [6.07, 6.45) is 0. The zero-order valence-electron chi connectivity index (χ0n) is 2.20. The van der Waals surface area contributed by atoms with Gasteiger partial charge in [-0.1, -0.05) is 4.57 Å². The Morgan fingerprint density at radius 3 is 2.00 bits per heavy atom. The Morgan fingerprint density at radius 2 is 2.00 bits per heavy atom. The van der Waals surface area contributed by atoms with Gasteiger partial charge in [0.1, 0.15) is 0 Å². The zero-order valence-corrected chi connectivity index (χ0v) is 5.77. The van der Waals surface area contributed by atoms with Crippen LogP contribution in [0.25, 0.3) is 0 Å². The second-order valence-corrected chi connectivity index (χ2v) is 11.1. The molecule has 0 saturated heterocycles. The van der Waals surface area contributed by atoms with Crippen molar-refractivity contribution in [3.05, 3.63) is 0 Å². The molecule has 0 amide bonds. The second kappa shape index (κ2) is 1.72. The van der Waals surface area contributed by atoms with E-state index >= 15 is 0 Å². The van der Waals surface area contributed by atoms with Gasteiger partial charge >= 0.3 is 15.1 Å². The summed E-state index contributed by atoms with van der Waals surface area (Å²) in [5.41, 5.74) is 0. The van der Waals surface area contributed by atoms with Crippen LogP contribution in [0.1, 0.15) is 0 Å². The van der Waals surface area contributed by atoms with Crippen LogP contribution in [-0.2, 0) is 4.57 Å². The van der Waals surface area contributed by atoms with Crippen molar-refractivity contribution in [2.45, 2.75) is 0 Å². The van der Waals surface area contributed by atoms with E-state index in [2.05, 4.69) is 0 Å². The minimum Gasteiger partial charge on any atom is -0.0610 e. The molecule has 1 heterocycles. The van der Waals surface area contributed by atoms with Crippen LogP contribution in [0, 0.1) is 0 Å². The van der Waals surface area contributed by atoms with Gasteiger partial charge in [-0.2, -0.15) is 0 Å². The average Bonchev–Trinajstić information content (AvgIpc) is 1.30. The molecule has 0 fully saturated rings. The van der Waals surface area contributed by atoms with E-state index < -0.39 is 7.18 Å². The van der Waals surface area contributed by atoms with Crippen molar-refractivity contribution in [1.29, 1.82) is 0 Å². The first kappa shape index (κ1) is 4.29. The molecule has 1 aliphatic heterocycles. The summed E-state index contributed by atoms with van der Waals surface area (Å²) in [6, 6.07) is 0. The van der Waals surface area contributed by atoms with Crippen LogP contribution in [0.3, 0.4) is 0 Å². The highest BCUT2D eigenvalue weighted by atomic mass is 32.8. The highest BCUT2D eigenvalue weighted by Gasteiger charge is 2.23. The van der Waals surface area contributed by atoms with Gasteiger partial charge in [0.15, 0.2) is 0 Å². The monoisotopic (exact) mass is 140 g/mol. The fourth-order valence-corrected chi connectivity index (χ4v) is 5.89. The lowest BCUT2D eigenvalue weighted by molar-refractivity contribution is 0.603. The van der Waals surface area contributed by atoms with E-state index in [1.165, 1.54) is 7.56 Å². The summed E-state index contributed by atoms with van der Waals surface area (Å²) in [6.45, 7) is 0. The van der Waals surface area contributed by atoms with Crippen molar-refractivity contribution in [3.63, 3.8) is 0 Å². The van der Waals surface area contributed by atoms with Crippen molar-refractivity contribution in [2.75, 3.05) is 0 Å². The van der Waals surface area contributed by atoms with E-state index in [0.717, 1.165) is 15.5 Å². The minimum absolute atomic E-state index is 0.736. The molecule has 0 aromatic carbocycles. The van der Waals surface area contributed by atoms with E-state index in [4.69, 9.17) is 0 Å². The van der Waals surface area contributed by atoms with Crippen LogP contribution < -0.4 is 0 Å². The predicted molar refractivity (Wildman–Crippen MR) is 28.4 cm³/mol. The Hall–Kier alpha value is 1.13. The van der Waals surface area contributed by atoms with E-state index in [1.807, 2.05) is 0 Å². The molecule has 0 bridgehead atoms. The first-order valence-electron chi connectivity index (χ1n) is 0.983. The van der Waals surface area contributed by atoms with Gasteiger partial charge in [0, 0.05) is 0 Å². The molecule has 0 aromatic rings. The maximum Gasteiger partial charge on any atom is 0.432 e. The maximum atomic E-state index is 10.0. The summed E-state index contributed by atoms with van der Waals surface area (Å²) in [5, 5.41) is 0. The standard InChI is InChI=1S/OP4/c1-5-3-2-4-5/q+1. The molecular weight excluding hydrogens is 140 g/mol. The Kier molecular flexibility index (Phi) is 1.48. The predicted octanol–water partition coefficient (Wildman–Crippen LogP) is 3.33. The lowest BCUT2D eigenvalue weighted by atomic mass is 16.0. The lowest BCUT2D eigenvalue weighted by Crippen LogP contribution is -1.16. The molecule has 25 valence electrons. The third-order valence-corrected chi connectivity index (χ3v) is 14.9. The zero-order chi connectivity index (χ0) is 3.70. The Labute approximate surface area is 35.6 Å². The third-order valence-electron chi connectivity index (χ3n) is 0.233. The van der Waals surface area contributed by atoms with Crippen molar-refractivity contribution in [2.24, 2.45) is 0 Å². The largest absolute Gasteiger partial charge is 0.432 e. The Bertz CT molecular complexity index is 81.6. The lowest BCUT2D eigenvalue weighted by Gasteiger charge is -1.67. The van der Waals surface area contributed by atoms with E-state index in [1.54, 1.807) is 0 Å². The van der Waals surface area contributed by atoms with Gasteiger partial charge in [-0.25, -0.2) is 0 Å². The Morgan fingerprint density at radius 1 is 1.60 bits per heavy atom. The first-order chi connectivity index (χ1) is 2.39. The smallest absolute Gasteiger partial charge is 0.0610 e. The SMILES string of the molecule is O=[P+]1[P]P=P1. The van der Waals surface area contributed by atoms with Crippen LogP contribution in [0.4, 0.5) is 0 Å². The molecule has 0 saturated carbocycles. The molecule has 0 aliphatic carbocycles. The molecule has 1 aliphatic rings. The fraction of sp³-hybridized carbons (Fsp3) is 0. The van der Waals surface area contributed by atoms with Gasteiger partial charge in [-0.15, -0.1) is 0 Å². The fourth-order valence-electron chi connectivity index (χ4n) is 0.0727. The summed E-state index contributed by atoms with van der Waals surface area (Å²) >= 11 is 0. The van der Waals surface area contributed by atoms with Gasteiger partial charge in [0.25, 0.3) is 0 Å². The van der Waals surface area contributed by atoms with Crippen LogP contribution in [-0.4, -0.2) is 0 Å². The van der Waals surface area contributed by atoms with Crippen molar-refractivity contribution in [3.8, 4) is 0 Å². The van der Waals surface area contributed by atoms with Crippen molar-refractivity contribution < 1.29 is 4.57 Å². The van der Waals surface area contributed by atoms with Crippen molar-refractivity contribution in [1.82, 2.24) is 0 Å².